The van der Waals surface area contributed by atoms with E-state index in [0.717, 1.165) is 11.3 Å². The zero-order chi connectivity index (χ0) is 34.7. The van der Waals surface area contributed by atoms with Crippen LogP contribution in [0.4, 0.5) is 5.69 Å². The molecule has 1 spiro atoms. The van der Waals surface area contributed by atoms with Gasteiger partial charge in [0.2, 0.25) is 5.91 Å². The van der Waals surface area contributed by atoms with Crippen LogP contribution >= 0.6 is 0 Å². The highest BCUT2D eigenvalue weighted by Crippen LogP contribution is 2.52. The number of hydrogen-bond acceptors (Lipinski definition) is 9. The molecule has 6 rings (SSSR count). The van der Waals surface area contributed by atoms with Crippen molar-refractivity contribution in [3.05, 3.63) is 70.5 Å². The second-order valence-electron chi connectivity index (χ2n) is 13.3. The lowest BCUT2D eigenvalue weighted by molar-refractivity contribution is -0.132. The summed E-state index contributed by atoms with van der Waals surface area (Å²) in [5.74, 6) is -0.509. The van der Waals surface area contributed by atoms with E-state index in [9.17, 15) is 19.5 Å². The van der Waals surface area contributed by atoms with Crippen molar-refractivity contribution >= 4 is 36.0 Å². The lowest BCUT2D eigenvalue weighted by atomic mass is 9.72. The third kappa shape index (κ3) is 7.12. The smallest absolute Gasteiger partial charge is 0.276 e. The Balaban J connectivity index is 1.28. The number of rotatable bonds is 9. The number of allylic oxidation sites excluding steroid dienone is 1. The average Bonchev–Trinajstić information content (AvgIpc) is 3.92. The van der Waals surface area contributed by atoms with Crippen LogP contribution in [-0.2, 0) is 14.3 Å². The van der Waals surface area contributed by atoms with E-state index in [2.05, 4.69) is 44.3 Å². The highest BCUT2D eigenvalue weighted by molar-refractivity contribution is 6.04. The molecule has 2 fully saturated rings. The minimum absolute atomic E-state index is 0.0274. The SMILES string of the molecule is C=N/C(=N\N(CC(=O)Nc1ccc(C2CC2)cc1)C(=O)C1=C(NC)C(C)CC12CCN(C(=O)c1ncnc(C)c1O)CC2)C1=CCOCC1. The number of hydrogen-bond donors (Lipinski definition) is 3. The number of aromatic nitrogens is 2. The molecule has 3 amide bonds. The molecule has 2 aromatic rings. The van der Waals surface area contributed by atoms with Crippen molar-refractivity contribution < 1.29 is 24.2 Å². The number of amidine groups is 1. The molecule has 2 aliphatic heterocycles. The average molecular weight is 669 g/mol. The van der Waals surface area contributed by atoms with E-state index >= 15 is 0 Å². The monoisotopic (exact) mass is 668 g/mol. The summed E-state index contributed by atoms with van der Waals surface area (Å²) >= 11 is 0. The van der Waals surface area contributed by atoms with Crippen LogP contribution in [0.1, 0.15) is 73.1 Å². The molecule has 49 heavy (non-hydrogen) atoms. The molecule has 0 bridgehead atoms. The zero-order valence-corrected chi connectivity index (χ0v) is 28.4. The molecule has 4 aliphatic rings. The number of carbonyl (C=O) groups excluding carboxylic acids is 3. The first-order valence-electron chi connectivity index (χ1n) is 16.9. The van der Waals surface area contributed by atoms with Crippen molar-refractivity contribution in [2.45, 2.75) is 58.3 Å². The van der Waals surface area contributed by atoms with Crippen LogP contribution in [-0.4, -0.2) is 95.2 Å². The number of benzene rings is 1. The summed E-state index contributed by atoms with van der Waals surface area (Å²) in [6, 6.07) is 7.84. The van der Waals surface area contributed by atoms with Crippen LogP contribution in [0, 0.1) is 18.3 Å². The minimum atomic E-state index is -0.572. The number of hydrazone groups is 1. The van der Waals surface area contributed by atoms with Crippen LogP contribution in [0.15, 0.2) is 63.6 Å². The fraction of sp³-hybridized carbons (Fsp3) is 0.472. The van der Waals surface area contributed by atoms with Gasteiger partial charge in [0.15, 0.2) is 17.3 Å². The fourth-order valence-electron chi connectivity index (χ4n) is 7.32. The van der Waals surface area contributed by atoms with Crippen molar-refractivity contribution in [1.29, 1.82) is 0 Å². The van der Waals surface area contributed by atoms with Gasteiger partial charge in [-0.3, -0.25) is 14.4 Å². The summed E-state index contributed by atoms with van der Waals surface area (Å²) in [6.07, 6.45) is 7.76. The van der Waals surface area contributed by atoms with Crippen LogP contribution < -0.4 is 10.6 Å². The molecular weight excluding hydrogens is 624 g/mol. The van der Waals surface area contributed by atoms with E-state index in [1.165, 1.54) is 29.7 Å². The Kier molecular flexibility index (Phi) is 9.91. The predicted molar refractivity (Wildman–Crippen MR) is 185 cm³/mol. The lowest BCUT2D eigenvalue weighted by Crippen LogP contribution is -2.46. The van der Waals surface area contributed by atoms with Crippen LogP contribution in [0.3, 0.4) is 0 Å². The van der Waals surface area contributed by atoms with Crippen molar-refractivity contribution in [3.8, 4) is 5.75 Å². The zero-order valence-electron chi connectivity index (χ0n) is 28.4. The van der Waals surface area contributed by atoms with Crippen molar-refractivity contribution in [2.75, 3.05) is 45.2 Å². The number of nitrogens with zero attached hydrogens (tertiary/aromatic N) is 6. The van der Waals surface area contributed by atoms with Crippen molar-refractivity contribution in [3.63, 3.8) is 0 Å². The van der Waals surface area contributed by atoms with Crippen LogP contribution in [0.25, 0.3) is 0 Å². The van der Waals surface area contributed by atoms with E-state index in [0.29, 0.717) is 74.9 Å². The Labute approximate surface area is 286 Å². The van der Waals surface area contributed by atoms with Crippen LogP contribution in [0.5, 0.6) is 5.75 Å². The van der Waals surface area contributed by atoms with Gasteiger partial charge in [0.1, 0.15) is 12.9 Å². The molecule has 258 valence electrons. The fourth-order valence-corrected chi connectivity index (χ4v) is 7.32. The number of anilines is 1. The van der Waals surface area contributed by atoms with E-state index in [-0.39, 0.29) is 35.6 Å². The van der Waals surface area contributed by atoms with Gasteiger partial charge in [-0.05, 0) is 87.3 Å². The van der Waals surface area contributed by atoms with Gasteiger partial charge in [-0.15, -0.1) is 5.10 Å². The molecule has 13 nitrogen and oxygen atoms in total. The Morgan fingerprint density at radius 2 is 1.90 bits per heavy atom. The van der Waals surface area contributed by atoms with Gasteiger partial charge in [-0.1, -0.05) is 25.1 Å². The van der Waals surface area contributed by atoms with Crippen molar-refractivity contribution in [1.82, 2.24) is 25.2 Å². The second kappa shape index (κ2) is 14.3. The first-order chi connectivity index (χ1) is 23.6. The number of aryl methyl sites for hydroxylation is 1. The van der Waals surface area contributed by atoms with E-state index in [4.69, 9.17) is 4.74 Å². The lowest BCUT2D eigenvalue weighted by Gasteiger charge is -2.41. The molecule has 1 saturated carbocycles. The molecule has 2 aliphatic carbocycles. The highest BCUT2D eigenvalue weighted by Gasteiger charge is 2.50. The van der Waals surface area contributed by atoms with Gasteiger partial charge >= 0.3 is 0 Å². The van der Waals surface area contributed by atoms with E-state index in [1.807, 2.05) is 30.3 Å². The molecule has 1 aromatic heterocycles. The molecule has 0 radical (unpaired) electrons. The van der Waals surface area contributed by atoms with E-state index < -0.39 is 17.2 Å². The molecule has 1 unspecified atom stereocenters. The third-order valence-electron chi connectivity index (χ3n) is 10.1. The number of aliphatic imine (C=N–C) groups is 1. The Hall–Kier alpha value is -4.91. The quantitative estimate of drug-likeness (QED) is 0.206. The summed E-state index contributed by atoms with van der Waals surface area (Å²) < 4.78 is 5.46. The highest BCUT2D eigenvalue weighted by atomic mass is 16.5. The van der Waals surface area contributed by atoms with Crippen molar-refractivity contribution in [2.24, 2.45) is 21.4 Å². The molecular formula is C36H44N8O5. The maximum atomic E-state index is 14.8. The molecule has 3 heterocycles. The summed E-state index contributed by atoms with van der Waals surface area (Å²) in [7, 11) is 1.80. The first-order valence-corrected chi connectivity index (χ1v) is 16.9. The topological polar surface area (TPSA) is 162 Å². The summed E-state index contributed by atoms with van der Waals surface area (Å²) in [4.78, 5) is 55.6. The van der Waals surface area contributed by atoms with Gasteiger partial charge < -0.3 is 25.4 Å². The number of amides is 3. The molecule has 13 heteroatoms. The number of likely N-dealkylation sites (tertiary alicyclic amines) is 1. The van der Waals surface area contributed by atoms with Crippen LogP contribution in [0.2, 0.25) is 0 Å². The van der Waals surface area contributed by atoms with Gasteiger partial charge in [-0.2, -0.15) is 0 Å². The minimum Gasteiger partial charge on any atom is -0.504 e. The number of ether oxygens (including phenoxy) is 1. The number of piperidine rings is 1. The predicted octanol–water partition coefficient (Wildman–Crippen LogP) is 3.93. The summed E-state index contributed by atoms with van der Waals surface area (Å²) in [6.45, 7) is 8.66. The molecule has 1 saturated heterocycles. The van der Waals surface area contributed by atoms with Gasteiger partial charge in [0.05, 0.1) is 18.9 Å². The van der Waals surface area contributed by atoms with Gasteiger partial charge in [0.25, 0.3) is 11.8 Å². The molecule has 1 aromatic carbocycles. The number of aromatic hydroxyl groups is 1. The number of nitrogens with one attached hydrogen (secondary N) is 2. The first kappa shape index (κ1) is 34.0. The Bertz CT molecular complexity index is 1720. The summed E-state index contributed by atoms with van der Waals surface area (Å²) in [5, 5.41) is 22.6. The standard InChI is InChI=1S/C36H44N8O5/c1-22-19-36(13-15-43(16-14-36)35(48)31-32(46)23(2)39-21-40-31)29(30(22)37-3)34(47)44(42-33(38-4)26-11-17-49-18-12-26)20-28(45)41-27-9-7-25(8-10-27)24-5-6-24/h7-11,21-22,24,37,46H,4-6,12-20H2,1-3H3,(H,41,45)/b42-33-. The normalized spacial score (nSPS) is 20.6. The third-order valence-corrected chi connectivity index (χ3v) is 10.1. The number of carbonyl (C=O) groups is 3. The largest absolute Gasteiger partial charge is 0.504 e. The Morgan fingerprint density at radius 1 is 1.16 bits per heavy atom. The maximum absolute atomic E-state index is 14.8. The van der Waals surface area contributed by atoms with Gasteiger partial charge in [0, 0.05) is 42.5 Å². The van der Waals surface area contributed by atoms with Gasteiger partial charge in [-0.25, -0.2) is 20.0 Å². The molecule has 3 N–H and O–H groups in total. The maximum Gasteiger partial charge on any atom is 0.276 e. The van der Waals surface area contributed by atoms with E-state index in [1.54, 1.807) is 18.9 Å². The summed E-state index contributed by atoms with van der Waals surface area (Å²) in [5.41, 5.74) is 3.77. The Morgan fingerprint density at radius 3 is 2.53 bits per heavy atom. The molecule has 1 atom stereocenters. The second-order valence-corrected chi connectivity index (χ2v) is 13.3.